The largest absolute Gasteiger partial charge is 0.313 e. The number of nitrogens with one attached hydrogen (secondary N) is 1. The molecule has 0 heterocycles. The van der Waals surface area contributed by atoms with E-state index in [-0.39, 0.29) is 11.8 Å². The van der Waals surface area contributed by atoms with Crippen molar-refractivity contribution in [2.24, 2.45) is 0 Å². The molecule has 0 aromatic heterocycles. The Morgan fingerprint density at radius 1 is 1.24 bits per heavy atom. The SMILES string of the molecule is CCCNC(C)CS(=O)(=O)c1ccc(C)cc1. The van der Waals surface area contributed by atoms with Gasteiger partial charge in [0, 0.05) is 6.04 Å². The second-order valence-corrected chi connectivity index (χ2v) is 6.48. The zero-order valence-electron chi connectivity index (χ0n) is 10.7. The minimum absolute atomic E-state index is 0.0127. The third-order valence-electron chi connectivity index (χ3n) is 2.59. The van der Waals surface area contributed by atoms with E-state index in [9.17, 15) is 8.42 Å². The van der Waals surface area contributed by atoms with Crippen LogP contribution in [-0.2, 0) is 9.84 Å². The van der Waals surface area contributed by atoms with Crippen molar-refractivity contribution in [3.05, 3.63) is 29.8 Å². The highest BCUT2D eigenvalue weighted by atomic mass is 32.2. The Balaban J connectivity index is 2.71. The summed E-state index contributed by atoms with van der Waals surface area (Å²) in [6.45, 7) is 6.77. The van der Waals surface area contributed by atoms with Crippen LogP contribution in [0.25, 0.3) is 0 Å². The molecular weight excluding hydrogens is 234 g/mol. The van der Waals surface area contributed by atoms with E-state index in [1.165, 1.54) is 0 Å². The summed E-state index contributed by atoms with van der Waals surface area (Å²) < 4.78 is 24.2. The van der Waals surface area contributed by atoms with E-state index in [0.717, 1.165) is 18.5 Å². The average Bonchev–Trinajstić information content (AvgIpc) is 2.26. The average molecular weight is 255 g/mol. The van der Waals surface area contributed by atoms with Gasteiger partial charge in [-0.15, -0.1) is 0 Å². The predicted octanol–water partition coefficient (Wildman–Crippen LogP) is 2.16. The van der Waals surface area contributed by atoms with Crippen LogP contribution in [0.15, 0.2) is 29.2 Å². The van der Waals surface area contributed by atoms with Gasteiger partial charge in [0.1, 0.15) is 0 Å². The number of hydrogen-bond donors (Lipinski definition) is 1. The molecule has 0 aliphatic rings. The van der Waals surface area contributed by atoms with Gasteiger partial charge in [-0.3, -0.25) is 0 Å². The molecule has 0 fully saturated rings. The van der Waals surface area contributed by atoms with Crippen molar-refractivity contribution in [1.82, 2.24) is 5.32 Å². The van der Waals surface area contributed by atoms with Crippen LogP contribution in [0.2, 0.25) is 0 Å². The van der Waals surface area contributed by atoms with Gasteiger partial charge in [0.15, 0.2) is 9.84 Å². The van der Waals surface area contributed by atoms with Crippen molar-refractivity contribution in [3.63, 3.8) is 0 Å². The summed E-state index contributed by atoms with van der Waals surface area (Å²) in [6, 6.07) is 7.00. The highest BCUT2D eigenvalue weighted by Gasteiger charge is 2.17. The first-order valence-corrected chi connectivity index (χ1v) is 7.63. The lowest BCUT2D eigenvalue weighted by atomic mass is 10.2. The number of aryl methyl sites for hydroxylation is 1. The van der Waals surface area contributed by atoms with Gasteiger partial charge >= 0.3 is 0 Å². The maximum Gasteiger partial charge on any atom is 0.179 e. The molecule has 0 radical (unpaired) electrons. The molecule has 0 spiro atoms. The van der Waals surface area contributed by atoms with Crippen molar-refractivity contribution < 1.29 is 8.42 Å². The molecule has 0 saturated heterocycles. The first-order valence-electron chi connectivity index (χ1n) is 5.98. The second-order valence-electron chi connectivity index (χ2n) is 4.45. The molecule has 0 aliphatic carbocycles. The van der Waals surface area contributed by atoms with Crippen LogP contribution in [0.3, 0.4) is 0 Å². The van der Waals surface area contributed by atoms with Gasteiger partial charge in [0.2, 0.25) is 0 Å². The Morgan fingerprint density at radius 2 is 1.82 bits per heavy atom. The Morgan fingerprint density at radius 3 is 2.35 bits per heavy atom. The fourth-order valence-corrected chi connectivity index (χ4v) is 3.14. The maximum absolute atomic E-state index is 12.1. The van der Waals surface area contributed by atoms with E-state index < -0.39 is 9.84 Å². The molecule has 0 bridgehead atoms. The van der Waals surface area contributed by atoms with Crippen molar-refractivity contribution >= 4 is 9.84 Å². The molecule has 1 aromatic rings. The van der Waals surface area contributed by atoms with Crippen LogP contribution in [0.4, 0.5) is 0 Å². The van der Waals surface area contributed by atoms with Gasteiger partial charge < -0.3 is 5.32 Å². The summed E-state index contributed by atoms with van der Waals surface area (Å²) in [5.74, 6) is 0.149. The molecule has 17 heavy (non-hydrogen) atoms. The van der Waals surface area contributed by atoms with E-state index in [4.69, 9.17) is 0 Å². The van der Waals surface area contributed by atoms with Crippen LogP contribution in [-0.4, -0.2) is 26.8 Å². The van der Waals surface area contributed by atoms with Crippen LogP contribution >= 0.6 is 0 Å². The molecule has 1 unspecified atom stereocenters. The summed E-state index contributed by atoms with van der Waals surface area (Å²) >= 11 is 0. The first kappa shape index (κ1) is 14.2. The van der Waals surface area contributed by atoms with Crippen LogP contribution in [0.5, 0.6) is 0 Å². The monoisotopic (exact) mass is 255 g/mol. The van der Waals surface area contributed by atoms with Gasteiger partial charge in [0.25, 0.3) is 0 Å². The predicted molar refractivity (Wildman–Crippen MR) is 71.0 cm³/mol. The van der Waals surface area contributed by atoms with Gasteiger partial charge in [-0.1, -0.05) is 24.6 Å². The Labute approximate surface area is 104 Å². The Hall–Kier alpha value is -0.870. The molecule has 4 heteroatoms. The van der Waals surface area contributed by atoms with E-state index in [2.05, 4.69) is 12.2 Å². The third kappa shape index (κ3) is 4.48. The van der Waals surface area contributed by atoms with E-state index in [1.54, 1.807) is 12.1 Å². The summed E-state index contributed by atoms with van der Waals surface area (Å²) in [5, 5.41) is 3.19. The highest BCUT2D eigenvalue weighted by Crippen LogP contribution is 2.13. The van der Waals surface area contributed by atoms with Crippen LogP contribution < -0.4 is 5.32 Å². The minimum atomic E-state index is -3.17. The first-order chi connectivity index (χ1) is 7.95. The molecule has 96 valence electrons. The van der Waals surface area contributed by atoms with Gasteiger partial charge in [-0.2, -0.15) is 0 Å². The summed E-state index contributed by atoms with van der Waals surface area (Å²) in [4.78, 5) is 0.410. The number of hydrogen-bond acceptors (Lipinski definition) is 3. The van der Waals surface area contributed by atoms with Crippen molar-refractivity contribution in [3.8, 4) is 0 Å². The fourth-order valence-electron chi connectivity index (χ4n) is 1.62. The van der Waals surface area contributed by atoms with Crippen LogP contribution in [0, 0.1) is 6.92 Å². The number of rotatable bonds is 6. The van der Waals surface area contributed by atoms with Crippen molar-refractivity contribution in [1.29, 1.82) is 0 Å². The quantitative estimate of drug-likeness (QED) is 0.847. The molecular formula is C13H21NO2S. The lowest BCUT2D eigenvalue weighted by molar-refractivity contribution is 0.555. The van der Waals surface area contributed by atoms with Crippen LogP contribution in [0.1, 0.15) is 25.8 Å². The normalized spacial score (nSPS) is 13.6. The summed E-state index contributed by atoms with van der Waals surface area (Å²) in [5.41, 5.74) is 1.07. The fraction of sp³-hybridized carbons (Fsp3) is 0.538. The lowest BCUT2D eigenvalue weighted by Crippen LogP contribution is -2.33. The molecule has 3 nitrogen and oxygen atoms in total. The number of benzene rings is 1. The molecule has 0 aliphatic heterocycles. The zero-order chi connectivity index (χ0) is 12.9. The van der Waals surface area contributed by atoms with E-state index in [0.29, 0.717) is 4.90 Å². The Bertz CT molecular complexity index is 437. The molecule has 1 aromatic carbocycles. The molecule has 1 N–H and O–H groups in total. The molecule has 0 saturated carbocycles. The number of sulfone groups is 1. The minimum Gasteiger partial charge on any atom is -0.313 e. The third-order valence-corrected chi connectivity index (χ3v) is 4.52. The second kappa shape index (κ2) is 6.17. The van der Waals surface area contributed by atoms with Crippen molar-refractivity contribution in [2.75, 3.05) is 12.3 Å². The standard InChI is InChI=1S/C13H21NO2S/c1-4-9-14-12(3)10-17(15,16)13-7-5-11(2)6-8-13/h5-8,12,14H,4,9-10H2,1-3H3. The highest BCUT2D eigenvalue weighted by molar-refractivity contribution is 7.91. The maximum atomic E-state index is 12.1. The van der Waals surface area contributed by atoms with Gasteiger partial charge in [-0.05, 0) is 38.9 Å². The smallest absolute Gasteiger partial charge is 0.179 e. The summed E-state index contributed by atoms with van der Waals surface area (Å²) in [7, 11) is -3.17. The lowest BCUT2D eigenvalue weighted by Gasteiger charge is -2.13. The van der Waals surface area contributed by atoms with E-state index >= 15 is 0 Å². The molecule has 1 rings (SSSR count). The van der Waals surface area contributed by atoms with Crippen molar-refractivity contribution in [2.45, 2.75) is 38.1 Å². The molecule has 0 amide bonds. The topological polar surface area (TPSA) is 46.2 Å². The Kier molecular flexibility index (Phi) is 5.15. The van der Waals surface area contributed by atoms with E-state index in [1.807, 2.05) is 26.0 Å². The van der Waals surface area contributed by atoms with Gasteiger partial charge in [0.05, 0.1) is 10.6 Å². The van der Waals surface area contributed by atoms with Gasteiger partial charge in [-0.25, -0.2) is 8.42 Å². The zero-order valence-corrected chi connectivity index (χ0v) is 11.5. The molecule has 1 atom stereocenters. The summed E-state index contributed by atoms with van der Waals surface area (Å²) in [6.07, 6.45) is 1.01.